The van der Waals surface area contributed by atoms with E-state index in [4.69, 9.17) is 9.84 Å². The van der Waals surface area contributed by atoms with Gasteiger partial charge in [-0.3, -0.25) is 4.79 Å². The lowest BCUT2D eigenvalue weighted by Crippen LogP contribution is -1.98. The highest BCUT2D eigenvalue weighted by atomic mass is 32.1. The molecule has 0 aliphatic heterocycles. The number of hydrogen-bond donors (Lipinski definition) is 2. The molecule has 2 rings (SSSR count). The second-order valence-electron chi connectivity index (χ2n) is 4.66. The highest BCUT2D eigenvalue weighted by Gasteiger charge is 2.04. The van der Waals surface area contributed by atoms with Crippen LogP contribution in [0, 0.1) is 0 Å². The first kappa shape index (κ1) is 15.4. The Morgan fingerprint density at radius 2 is 1.90 bits per heavy atom. The molecule has 1 aromatic carbocycles. The Morgan fingerprint density at radius 1 is 1.19 bits per heavy atom. The summed E-state index contributed by atoms with van der Waals surface area (Å²) in [4.78, 5) is 12.6. The van der Waals surface area contributed by atoms with Gasteiger partial charge in [0, 0.05) is 22.0 Å². The van der Waals surface area contributed by atoms with E-state index in [0.717, 1.165) is 34.2 Å². The van der Waals surface area contributed by atoms with E-state index < -0.39 is 5.97 Å². The molecule has 0 aliphatic carbocycles. The van der Waals surface area contributed by atoms with Crippen LogP contribution in [0.15, 0.2) is 36.4 Å². The maximum absolute atomic E-state index is 10.6. The Hall–Kier alpha value is -2.01. The minimum atomic E-state index is -0.793. The normalized spacial score (nSPS) is 10.3. The van der Waals surface area contributed by atoms with Crippen molar-refractivity contribution >= 4 is 23.0 Å². The third-order valence-corrected chi connectivity index (χ3v) is 3.92. The summed E-state index contributed by atoms with van der Waals surface area (Å²) in [5.74, 6) is 0.0845. The smallest absolute Gasteiger partial charge is 0.308 e. The monoisotopic (exact) mass is 305 g/mol. The fraction of sp³-hybridized carbons (Fsp3) is 0.312. The van der Waals surface area contributed by atoms with Crippen LogP contribution < -0.4 is 10.1 Å². The van der Waals surface area contributed by atoms with E-state index in [9.17, 15) is 4.79 Å². The van der Waals surface area contributed by atoms with Crippen molar-refractivity contribution in [3.8, 4) is 5.75 Å². The van der Waals surface area contributed by atoms with Crippen LogP contribution in [0.1, 0.15) is 23.1 Å². The predicted octanol–water partition coefficient (Wildman–Crippen LogP) is 3.78. The van der Waals surface area contributed by atoms with Crippen LogP contribution in [0.2, 0.25) is 0 Å². The fourth-order valence-corrected chi connectivity index (χ4v) is 2.79. The molecular weight excluding hydrogens is 286 g/mol. The number of hydrogen-bond acceptors (Lipinski definition) is 4. The number of ether oxygens (including phenoxy) is 1. The SMILES string of the molecule is CCCOc1ccc(NCc2ccc(CC(=O)O)s2)cc1. The predicted molar refractivity (Wildman–Crippen MR) is 85.2 cm³/mol. The molecule has 0 saturated heterocycles. The van der Waals surface area contributed by atoms with Crippen LogP contribution >= 0.6 is 11.3 Å². The number of carboxylic acids is 1. The summed E-state index contributed by atoms with van der Waals surface area (Å²) in [6.07, 6.45) is 1.09. The third-order valence-electron chi connectivity index (χ3n) is 2.84. The zero-order valence-corrected chi connectivity index (χ0v) is 12.8. The van der Waals surface area contributed by atoms with Crippen molar-refractivity contribution in [1.29, 1.82) is 0 Å². The number of carbonyl (C=O) groups is 1. The molecule has 1 heterocycles. The average molecular weight is 305 g/mol. The van der Waals surface area contributed by atoms with Gasteiger partial charge in [-0.05, 0) is 42.8 Å². The van der Waals surface area contributed by atoms with Gasteiger partial charge in [-0.25, -0.2) is 0 Å². The molecule has 2 N–H and O–H groups in total. The molecule has 0 amide bonds. The summed E-state index contributed by atoms with van der Waals surface area (Å²) >= 11 is 1.53. The van der Waals surface area contributed by atoms with Crippen molar-refractivity contribution in [3.63, 3.8) is 0 Å². The van der Waals surface area contributed by atoms with Crippen molar-refractivity contribution in [3.05, 3.63) is 46.2 Å². The molecule has 0 atom stereocenters. The minimum Gasteiger partial charge on any atom is -0.494 e. The van der Waals surface area contributed by atoms with Crippen LogP contribution in [-0.4, -0.2) is 17.7 Å². The van der Waals surface area contributed by atoms with Crippen molar-refractivity contribution in [2.75, 3.05) is 11.9 Å². The quantitative estimate of drug-likeness (QED) is 0.779. The first-order valence-electron chi connectivity index (χ1n) is 6.93. The van der Waals surface area contributed by atoms with Gasteiger partial charge in [-0.1, -0.05) is 6.92 Å². The van der Waals surface area contributed by atoms with Crippen molar-refractivity contribution in [2.45, 2.75) is 26.3 Å². The van der Waals surface area contributed by atoms with Gasteiger partial charge in [0.1, 0.15) is 5.75 Å². The topological polar surface area (TPSA) is 58.6 Å². The molecule has 1 aromatic heterocycles. The molecule has 0 bridgehead atoms. The van der Waals surface area contributed by atoms with Gasteiger partial charge in [0.15, 0.2) is 0 Å². The highest BCUT2D eigenvalue weighted by Crippen LogP contribution is 2.20. The van der Waals surface area contributed by atoms with E-state index in [-0.39, 0.29) is 6.42 Å². The number of thiophene rings is 1. The highest BCUT2D eigenvalue weighted by molar-refractivity contribution is 7.12. The number of nitrogens with one attached hydrogen (secondary N) is 1. The van der Waals surface area contributed by atoms with Gasteiger partial charge in [0.25, 0.3) is 0 Å². The maximum Gasteiger partial charge on any atom is 0.308 e. The van der Waals surface area contributed by atoms with Crippen LogP contribution in [0.4, 0.5) is 5.69 Å². The van der Waals surface area contributed by atoms with Crippen LogP contribution in [0.3, 0.4) is 0 Å². The molecule has 0 unspecified atom stereocenters. The van der Waals surface area contributed by atoms with Gasteiger partial charge < -0.3 is 15.2 Å². The van der Waals surface area contributed by atoms with Gasteiger partial charge in [-0.15, -0.1) is 11.3 Å². The molecular formula is C16H19NO3S. The first-order chi connectivity index (χ1) is 10.2. The zero-order chi connectivity index (χ0) is 15.1. The molecule has 0 radical (unpaired) electrons. The summed E-state index contributed by atoms with van der Waals surface area (Å²) in [6.45, 7) is 3.50. The summed E-state index contributed by atoms with van der Waals surface area (Å²) in [6, 6.07) is 11.7. The molecule has 112 valence electrons. The second kappa shape index (κ2) is 7.69. The molecule has 0 aliphatic rings. The Labute approximate surface area is 128 Å². The number of rotatable bonds is 8. The fourth-order valence-electron chi connectivity index (χ4n) is 1.84. The largest absolute Gasteiger partial charge is 0.494 e. The summed E-state index contributed by atoms with van der Waals surface area (Å²) in [7, 11) is 0. The minimum absolute atomic E-state index is 0.0914. The van der Waals surface area contributed by atoms with Crippen LogP contribution in [0.5, 0.6) is 5.75 Å². The van der Waals surface area contributed by atoms with E-state index >= 15 is 0 Å². The van der Waals surface area contributed by atoms with E-state index in [1.54, 1.807) is 0 Å². The summed E-state index contributed by atoms with van der Waals surface area (Å²) in [5, 5.41) is 12.1. The van der Waals surface area contributed by atoms with Crippen molar-refractivity contribution in [1.82, 2.24) is 0 Å². The second-order valence-corrected chi connectivity index (χ2v) is 5.92. The molecule has 0 fully saturated rings. The van der Waals surface area contributed by atoms with Crippen LogP contribution in [-0.2, 0) is 17.8 Å². The lowest BCUT2D eigenvalue weighted by Gasteiger charge is -2.07. The molecule has 0 spiro atoms. The zero-order valence-electron chi connectivity index (χ0n) is 12.0. The van der Waals surface area contributed by atoms with Crippen molar-refractivity contribution < 1.29 is 14.6 Å². The Bertz CT molecular complexity index is 577. The lowest BCUT2D eigenvalue weighted by atomic mass is 10.3. The van der Waals surface area contributed by atoms with Crippen LogP contribution in [0.25, 0.3) is 0 Å². The number of anilines is 1. The maximum atomic E-state index is 10.6. The molecule has 21 heavy (non-hydrogen) atoms. The van der Waals surface area contributed by atoms with E-state index in [2.05, 4.69) is 12.2 Å². The third kappa shape index (κ3) is 5.11. The Morgan fingerprint density at radius 3 is 2.57 bits per heavy atom. The summed E-state index contributed by atoms with van der Waals surface area (Å²) < 4.78 is 5.53. The van der Waals surface area contributed by atoms with Gasteiger partial charge in [-0.2, -0.15) is 0 Å². The summed E-state index contributed by atoms with van der Waals surface area (Å²) in [5.41, 5.74) is 1.02. The Balaban J connectivity index is 1.84. The average Bonchev–Trinajstić information content (AvgIpc) is 2.91. The number of carboxylic acid groups (broad SMARTS) is 1. The van der Waals surface area contributed by atoms with E-state index in [1.165, 1.54) is 11.3 Å². The van der Waals surface area contributed by atoms with Gasteiger partial charge >= 0.3 is 5.97 Å². The molecule has 5 heteroatoms. The van der Waals surface area contributed by atoms with Crippen molar-refractivity contribution in [2.24, 2.45) is 0 Å². The standard InChI is InChI=1S/C16H19NO3S/c1-2-9-20-13-5-3-12(4-6-13)17-11-15-8-7-14(21-15)10-16(18)19/h3-8,17H,2,9-11H2,1H3,(H,18,19). The molecule has 0 saturated carbocycles. The number of aliphatic carboxylic acids is 1. The van der Waals surface area contributed by atoms with Gasteiger partial charge in [0.2, 0.25) is 0 Å². The number of benzene rings is 1. The Kier molecular flexibility index (Phi) is 5.63. The van der Waals surface area contributed by atoms with E-state index in [1.807, 2.05) is 36.4 Å². The lowest BCUT2D eigenvalue weighted by molar-refractivity contribution is -0.136. The molecule has 2 aromatic rings. The first-order valence-corrected chi connectivity index (χ1v) is 7.75. The molecule has 4 nitrogen and oxygen atoms in total. The van der Waals surface area contributed by atoms with E-state index in [0.29, 0.717) is 6.54 Å². The van der Waals surface area contributed by atoms with Gasteiger partial charge in [0.05, 0.1) is 13.0 Å².